The van der Waals surface area contributed by atoms with Gasteiger partial charge in [-0.1, -0.05) is 60.7 Å². The van der Waals surface area contributed by atoms with E-state index in [1.54, 1.807) is 109 Å². The van der Waals surface area contributed by atoms with Gasteiger partial charge in [-0.15, -0.1) is 0 Å². The van der Waals surface area contributed by atoms with E-state index in [1.165, 1.54) is 18.2 Å². The van der Waals surface area contributed by atoms with Gasteiger partial charge >= 0.3 is 0 Å². The van der Waals surface area contributed by atoms with Gasteiger partial charge in [-0.3, -0.25) is 0 Å². The minimum atomic E-state index is -0.719. The first kappa shape index (κ1) is 41.8. The predicted octanol–water partition coefficient (Wildman–Crippen LogP) is 11.0. The van der Waals surface area contributed by atoms with E-state index in [4.69, 9.17) is 14.2 Å². The van der Waals surface area contributed by atoms with Crippen molar-refractivity contribution in [1.82, 2.24) is 0 Å². The van der Waals surface area contributed by atoms with Gasteiger partial charge < -0.3 is 60.2 Å². The topological polar surface area (TPSA) is 210 Å². The smallest absolute Gasteiger partial charge is 0.165 e. The Morgan fingerprint density at radius 2 is 0.779 bits per heavy atom. The van der Waals surface area contributed by atoms with Crippen LogP contribution in [0.25, 0.3) is 12.2 Å². The quantitative estimate of drug-likeness (QED) is 0.0652. The van der Waals surface area contributed by atoms with Gasteiger partial charge in [0, 0.05) is 34.9 Å². The Labute approximate surface area is 389 Å². The van der Waals surface area contributed by atoms with Crippen molar-refractivity contribution in [2.45, 2.75) is 36.1 Å². The predicted molar refractivity (Wildman–Crippen MR) is 251 cm³/mol. The van der Waals surface area contributed by atoms with Crippen molar-refractivity contribution in [3.63, 3.8) is 0 Å². The van der Waals surface area contributed by atoms with Gasteiger partial charge in [-0.25, -0.2) is 0 Å². The molecule has 0 spiro atoms. The van der Waals surface area contributed by atoms with E-state index in [2.05, 4.69) is 0 Å². The zero-order chi connectivity index (χ0) is 47.0. The minimum Gasteiger partial charge on any atom is -0.508 e. The molecule has 0 amide bonds. The molecule has 68 heavy (non-hydrogen) atoms. The molecule has 0 aliphatic carbocycles. The van der Waals surface area contributed by atoms with Crippen LogP contribution in [0.4, 0.5) is 0 Å². The fourth-order valence-electron chi connectivity index (χ4n) is 10.1. The zero-order valence-corrected chi connectivity index (χ0v) is 35.8. The second-order valence-electron chi connectivity index (χ2n) is 17.4. The zero-order valence-electron chi connectivity index (χ0n) is 35.8. The fourth-order valence-corrected chi connectivity index (χ4v) is 10.1. The Balaban J connectivity index is 1.02. The van der Waals surface area contributed by atoms with Gasteiger partial charge in [0.05, 0.1) is 17.8 Å². The lowest BCUT2D eigenvalue weighted by Crippen LogP contribution is -2.13. The van der Waals surface area contributed by atoms with Crippen molar-refractivity contribution < 1.29 is 60.2 Å². The number of rotatable bonds is 8. The fraction of sp³-hybridized carbons (Fsp3) is 0.107. The summed E-state index contributed by atoms with van der Waals surface area (Å²) in [7, 11) is 0. The summed E-state index contributed by atoms with van der Waals surface area (Å²) < 4.78 is 19.8. The van der Waals surface area contributed by atoms with Crippen LogP contribution in [0.1, 0.15) is 97.3 Å². The molecule has 0 radical (unpaired) electrons. The highest BCUT2D eigenvalue weighted by molar-refractivity contribution is 5.76. The summed E-state index contributed by atoms with van der Waals surface area (Å²) in [5, 5.41) is 95.9. The number of fused-ring (bicyclic) bond motifs is 3. The molecule has 8 aromatic carbocycles. The van der Waals surface area contributed by atoms with Gasteiger partial charge in [-0.2, -0.15) is 0 Å². The van der Waals surface area contributed by atoms with Crippen molar-refractivity contribution in [2.75, 3.05) is 0 Å². The van der Waals surface area contributed by atoms with E-state index < -0.39 is 36.1 Å². The van der Waals surface area contributed by atoms with Crippen LogP contribution in [0.5, 0.6) is 69.0 Å². The van der Waals surface area contributed by atoms with Gasteiger partial charge in [0.15, 0.2) is 11.5 Å². The molecule has 0 saturated carbocycles. The lowest BCUT2D eigenvalue weighted by molar-refractivity contribution is 0.214. The highest BCUT2D eigenvalue weighted by Crippen LogP contribution is 2.58. The third-order valence-electron chi connectivity index (χ3n) is 13.0. The summed E-state index contributed by atoms with van der Waals surface area (Å²) in [6.07, 6.45) is 1.76. The molecule has 9 N–H and O–H groups in total. The summed E-state index contributed by atoms with van der Waals surface area (Å²) in [5.41, 5.74) is 7.39. The van der Waals surface area contributed by atoms with E-state index in [0.717, 1.165) is 22.3 Å². The molecular formula is C56H42O12. The van der Waals surface area contributed by atoms with Gasteiger partial charge in [0.1, 0.15) is 75.8 Å². The van der Waals surface area contributed by atoms with Crippen LogP contribution < -0.4 is 14.2 Å². The monoisotopic (exact) mass is 906 g/mol. The average Bonchev–Trinajstić information content (AvgIpc) is 4.00. The highest BCUT2D eigenvalue weighted by atomic mass is 16.5. The SMILES string of the molecule is Oc1ccc([C@H]2Oc3c(O)cc([C@@H]4c5cc(C=Cc6cc(O)cc7c6[C@H](c6cc(O)cc(O)c6)[C@H](c6ccc(O)cc6)O7)ccc5O[C@H]4c4ccc(O)cc4)cc3[C@H]2c2cc(O)cc(O)c2)cc1. The third-order valence-corrected chi connectivity index (χ3v) is 13.0. The molecule has 3 aliphatic rings. The van der Waals surface area contributed by atoms with Crippen molar-refractivity contribution in [3.05, 3.63) is 213 Å². The van der Waals surface area contributed by atoms with Gasteiger partial charge in [0.25, 0.3) is 0 Å². The largest absolute Gasteiger partial charge is 0.508 e. The standard InChI is InChI=1S/C56H42O12/c57-36-10-4-29(5-11-36)53-49(35-23-45-50(33-19-39(60)25-40(61)20-33)54(68-56(45)46(65)24-35)30-6-12-37(58)13-7-30)44-17-28(2-16-47(44)66-53)1-3-32-18-43(64)27-48-51(32)52(34-21-41(62)26-42(63)22-34)55(67-48)31-8-14-38(59)15-9-31/h1-27,49-50,52-55,57-65H/t49-,50-,52+,53+,54-,55+/m1/s1. The summed E-state index contributed by atoms with van der Waals surface area (Å²) >= 11 is 0. The van der Waals surface area contributed by atoms with Crippen molar-refractivity contribution in [3.8, 4) is 69.0 Å². The summed E-state index contributed by atoms with van der Waals surface area (Å²) in [4.78, 5) is 0. The van der Waals surface area contributed by atoms with E-state index >= 15 is 0 Å². The molecule has 0 unspecified atom stereocenters. The first-order valence-electron chi connectivity index (χ1n) is 21.8. The molecule has 12 nitrogen and oxygen atoms in total. The molecular weight excluding hydrogens is 865 g/mol. The number of hydrogen-bond donors (Lipinski definition) is 9. The number of aromatic hydroxyl groups is 9. The number of phenols is 9. The molecule has 6 atom stereocenters. The second-order valence-corrected chi connectivity index (χ2v) is 17.4. The van der Waals surface area contributed by atoms with E-state index in [0.29, 0.717) is 50.4 Å². The molecule has 0 aromatic heterocycles. The lowest BCUT2D eigenvalue weighted by atomic mass is 9.80. The van der Waals surface area contributed by atoms with Crippen LogP contribution in [-0.2, 0) is 0 Å². The lowest BCUT2D eigenvalue weighted by Gasteiger charge is -2.22. The van der Waals surface area contributed by atoms with Gasteiger partial charge in [0.2, 0.25) is 0 Å². The molecule has 3 aliphatic heterocycles. The van der Waals surface area contributed by atoms with Crippen LogP contribution in [0.15, 0.2) is 152 Å². The Morgan fingerprint density at radius 3 is 1.34 bits per heavy atom. The summed E-state index contributed by atoms with van der Waals surface area (Å²) in [6.45, 7) is 0. The number of ether oxygens (including phenoxy) is 3. The first-order chi connectivity index (χ1) is 32.8. The Bertz CT molecular complexity index is 3250. The molecule has 12 heteroatoms. The minimum absolute atomic E-state index is 0.0429. The number of hydrogen-bond acceptors (Lipinski definition) is 12. The number of phenolic OH excluding ortho intramolecular Hbond substituents is 9. The van der Waals surface area contributed by atoms with Crippen LogP contribution in [0, 0.1) is 0 Å². The molecule has 0 saturated heterocycles. The van der Waals surface area contributed by atoms with Gasteiger partial charge in [-0.05, 0) is 129 Å². The van der Waals surface area contributed by atoms with Crippen molar-refractivity contribution in [2.24, 2.45) is 0 Å². The Kier molecular flexibility index (Phi) is 9.96. The van der Waals surface area contributed by atoms with Crippen LogP contribution in [0.3, 0.4) is 0 Å². The average molecular weight is 907 g/mol. The van der Waals surface area contributed by atoms with Crippen LogP contribution in [0.2, 0.25) is 0 Å². The molecule has 0 fully saturated rings. The van der Waals surface area contributed by atoms with Crippen molar-refractivity contribution >= 4 is 12.2 Å². The number of benzene rings is 8. The molecule has 0 bridgehead atoms. The van der Waals surface area contributed by atoms with Crippen molar-refractivity contribution in [1.29, 1.82) is 0 Å². The second kappa shape index (κ2) is 16.2. The highest BCUT2D eigenvalue weighted by Gasteiger charge is 2.43. The van der Waals surface area contributed by atoms with Crippen LogP contribution in [-0.4, -0.2) is 46.0 Å². The summed E-state index contributed by atoms with van der Waals surface area (Å²) in [5.74, 6) is -1.03. The Morgan fingerprint density at radius 1 is 0.324 bits per heavy atom. The third kappa shape index (κ3) is 7.47. The maximum Gasteiger partial charge on any atom is 0.165 e. The van der Waals surface area contributed by atoms with Crippen LogP contribution >= 0.6 is 0 Å². The first-order valence-corrected chi connectivity index (χ1v) is 21.8. The molecule has 338 valence electrons. The van der Waals surface area contributed by atoms with E-state index in [9.17, 15) is 46.0 Å². The Hall–Kier alpha value is -8.90. The summed E-state index contributed by atoms with van der Waals surface area (Å²) in [6, 6.07) is 41.1. The van der Waals surface area contributed by atoms with E-state index in [1.807, 2.05) is 36.4 Å². The molecule has 11 rings (SSSR count). The normalized spacial score (nSPS) is 20.0. The molecule has 8 aromatic rings. The maximum atomic E-state index is 11.9. The van der Waals surface area contributed by atoms with E-state index in [-0.39, 0.29) is 57.5 Å². The maximum absolute atomic E-state index is 11.9. The molecule has 3 heterocycles.